The molecule has 19 heavy (non-hydrogen) atoms. The van der Waals surface area contributed by atoms with E-state index in [9.17, 15) is 4.79 Å². The van der Waals surface area contributed by atoms with Crippen LogP contribution in [0.1, 0.15) is 18.1 Å². The third-order valence-electron chi connectivity index (χ3n) is 3.06. The van der Waals surface area contributed by atoms with E-state index in [1.165, 1.54) is 0 Å². The fourth-order valence-corrected chi connectivity index (χ4v) is 2.24. The first-order chi connectivity index (χ1) is 9.00. The fourth-order valence-electron chi connectivity index (χ4n) is 2.08. The standard InChI is InChI=1S/C14H16ClN3O/c1-10-5-6-13(15)11(2)14(10)18(12(3)19)9-17-8-4-7-16-17/h4-8H,9H2,1-3H3. The van der Waals surface area contributed by atoms with Crippen LogP contribution in [0.3, 0.4) is 0 Å². The van der Waals surface area contributed by atoms with Crippen molar-refractivity contribution in [2.24, 2.45) is 0 Å². The summed E-state index contributed by atoms with van der Waals surface area (Å²) in [5, 5.41) is 4.80. The molecule has 0 fully saturated rings. The van der Waals surface area contributed by atoms with Gasteiger partial charge in [-0.15, -0.1) is 0 Å². The maximum Gasteiger partial charge on any atom is 0.225 e. The molecule has 2 aromatic rings. The predicted octanol–water partition coefficient (Wildman–Crippen LogP) is 3.16. The van der Waals surface area contributed by atoms with Crippen molar-refractivity contribution in [2.45, 2.75) is 27.4 Å². The Bertz CT molecular complexity index is 593. The monoisotopic (exact) mass is 277 g/mol. The Morgan fingerprint density at radius 3 is 2.74 bits per heavy atom. The topological polar surface area (TPSA) is 38.1 Å². The maximum atomic E-state index is 11.9. The minimum Gasteiger partial charge on any atom is -0.292 e. The normalized spacial score (nSPS) is 10.5. The largest absolute Gasteiger partial charge is 0.292 e. The summed E-state index contributed by atoms with van der Waals surface area (Å²) in [6, 6.07) is 5.60. The second-order valence-electron chi connectivity index (χ2n) is 4.47. The molecule has 0 saturated heterocycles. The van der Waals surface area contributed by atoms with Gasteiger partial charge in [0.2, 0.25) is 5.91 Å². The zero-order chi connectivity index (χ0) is 14.0. The van der Waals surface area contributed by atoms with Crippen molar-refractivity contribution < 1.29 is 4.79 Å². The molecular formula is C14H16ClN3O. The number of benzene rings is 1. The van der Waals surface area contributed by atoms with Gasteiger partial charge in [-0.3, -0.25) is 14.4 Å². The van der Waals surface area contributed by atoms with Crippen molar-refractivity contribution in [1.29, 1.82) is 0 Å². The van der Waals surface area contributed by atoms with Crippen molar-refractivity contribution in [3.8, 4) is 0 Å². The van der Waals surface area contributed by atoms with Gasteiger partial charge in [0.05, 0.1) is 5.69 Å². The molecule has 0 aliphatic carbocycles. The summed E-state index contributed by atoms with van der Waals surface area (Å²) in [6.07, 6.45) is 3.52. The van der Waals surface area contributed by atoms with Crippen molar-refractivity contribution in [3.05, 3.63) is 46.7 Å². The molecule has 1 heterocycles. The van der Waals surface area contributed by atoms with Crippen LogP contribution in [0.25, 0.3) is 0 Å². The van der Waals surface area contributed by atoms with Crippen LogP contribution in [0.2, 0.25) is 5.02 Å². The Morgan fingerprint density at radius 2 is 2.16 bits per heavy atom. The number of halogens is 1. The molecule has 0 bridgehead atoms. The zero-order valence-corrected chi connectivity index (χ0v) is 12.0. The molecule has 1 amide bonds. The molecular weight excluding hydrogens is 262 g/mol. The van der Waals surface area contributed by atoms with E-state index in [4.69, 9.17) is 11.6 Å². The lowest BCUT2D eigenvalue weighted by molar-refractivity contribution is -0.117. The van der Waals surface area contributed by atoms with E-state index < -0.39 is 0 Å². The van der Waals surface area contributed by atoms with Gasteiger partial charge in [-0.05, 0) is 37.1 Å². The van der Waals surface area contributed by atoms with Crippen LogP contribution in [0.5, 0.6) is 0 Å². The Kier molecular flexibility index (Phi) is 3.90. The number of aryl methyl sites for hydroxylation is 1. The van der Waals surface area contributed by atoms with E-state index in [-0.39, 0.29) is 5.91 Å². The lowest BCUT2D eigenvalue weighted by Crippen LogP contribution is -2.32. The molecule has 0 aliphatic rings. The van der Waals surface area contributed by atoms with Crippen LogP contribution in [0.15, 0.2) is 30.6 Å². The van der Waals surface area contributed by atoms with Crippen LogP contribution < -0.4 is 4.90 Å². The Morgan fingerprint density at radius 1 is 1.42 bits per heavy atom. The SMILES string of the molecule is CC(=O)N(Cn1cccn1)c1c(C)ccc(Cl)c1C. The highest BCUT2D eigenvalue weighted by atomic mass is 35.5. The smallest absolute Gasteiger partial charge is 0.225 e. The number of hydrogen-bond donors (Lipinski definition) is 0. The molecule has 0 radical (unpaired) electrons. The Labute approximate surface area is 117 Å². The third kappa shape index (κ3) is 2.79. The van der Waals surface area contributed by atoms with Crippen LogP contribution in [0.4, 0.5) is 5.69 Å². The predicted molar refractivity (Wildman–Crippen MR) is 76.3 cm³/mol. The molecule has 1 aromatic heterocycles. The van der Waals surface area contributed by atoms with Gasteiger partial charge in [-0.2, -0.15) is 5.10 Å². The summed E-state index contributed by atoms with van der Waals surface area (Å²) in [7, 11) is 0. The first-order valence-corrected chi connectivity index (χ1v) is 6.39. The maximum absolute atomic E-state index is 11.9. The highest BCUT2D eigenvalue weighted by molar-refractivity contribution is 6.31. The number of carbonyl (C=O) groups excluding carboxylic acids is 1. The zero-order valence-electron chi connectivity index (χ0n) is 11.2. The average Bonchev–Trinajstić information content (AvgIpc) is 2.86. The molecule has 0 aliphatic heterocycles. The molecule has 1 aromatic carbocycles. The number of nitrogens with zero attached hydrogens (tertiary/aromatic N) is 3. The van der Waals surface area contributed by atoms with E-state index in [0.29, 0.717) is 11.7 Å². The van der Waals surface area contributed by atoms with Gasteiger partial charge in [-0.25, -0.2) is 0 Å². The quantitative estimate of drug-likeness (QED) is 0.864. The summed E-state index contributed by atoms with van der Waals surface area (Å²) in [5.41, 5.74) is 2.78. The van der Waals surface area contributed by atoms with Gasteiger partial charge >= 0.3 is 0 Å². The molecule has 0 N–H and O–H groups in total. The van der Waals surface area contributed by atoms with Crippen molar-refractivity contribution >= 4 is 23.2 Å². The van der Waals surface area contributed by atoms with E-state index in [2.05, 4.69) is 5.10 Å². The number of rotatable bonds is 3. The lowest BCUT2D eigenvalue weighted by atomic mass is 10.1. The van der Waals surface area contributed by atoms with E-state index in [0.717, 1.165) is 16.8 Å². The van der Waals surface area contributed by atoms with Crippen molar-refractivity contribution in [2.75, 3.05) is 4.90 Å². The molecule has 2 rings (SSSR count). The fraction of sp³-hybridized carbons (Fsp3) is 0.286. The number of hydrogen-bond acceptors (Lipinski definition) is 2. The van der Waals surface area contributed by atoms with Gasteiger partial charge in [0, 0.05) is 24.3 Å². The number of carbonyl (C=O) groups is 1. The van der Waals surface area contributed by atoms with Crippen molar-refractivity contribution in [3.63, 3.8) is 0 Å². The third-order valence-corrected chi connectivity index (χ3v) is 3.47. The Hall–Kier alpha value is -1.81. The molecule has 5 heteroatoms. The molecule has 4 nitrogen and oxygen atoms in total. The van der Waals surface area contributed by atoms with Gasteiger partial charge < -0.3 is 0 Å². The van der Waals surface area contributed by atoms with Crippen LogP contribution >= 0.6 is 11.6 Å². The van der Waals surface area contributed by atoms with Gasteiger partial charge in [0.1, 0.15) is 6.67 Å². The molecule has 0 atom stereocenters. The van der Waals surface area contributed by atoms with Crippen molar-refractivity contribution in [1.82, 2.24) is 9.78 Å². The Balaban J connectivity index is 2.45. The van der Waals surface area contributed by atoms with Crippen LogP contribution in [-0.4, -0.2) is 15.7 Å². The summed E-state index contributed by atoms with van der Waals surface area (Å²) in [5.74, 6) is -0.0380. The summed E-state index contributed by atoms with van der Waals surface area (Å²) < 4.78 is 1.71. The van der Waals surface area contributed by atoms with E-state index in [1.54, 1.807) is 22.7 Å². The van der Waals surface area contributed by atoms with Gasteiger partial charge in [0.25, 0.3) is 0 Å². The lowest BCUT2D eigenvalue weighted by Gasteiger charge is -2.25. The molecule has 0 unspecified atom stereocenters. The minimum atomic E-state index is -0.0380. The summed E-state index contributed by atoms with van der Waals surface area (Å²) >= 11 is 6.16. The summed E-state index contributed by atoms with van der Waals surface area (Å²) in [4.78, 5) is 13.6. The van der Waals surface area contributed by atoms with E-state index >= 15 is 0 Å². The number of amides is 1. The molecule has 100 valence electrons. The number of aromatic nitrogens is 2. The van der Waals surface area contributed by atoms with Gasteiger partial charge in [0.15, 0.2) is 0 Å². The molecule has 0 saturated carbocycles. The number of anilines is 1. The average molecular weight is 278 g/mol. The van der Waals surface area contributed by atoms with Crippen LogP contribution in [0, 0.1) is 13.8 Å². The first-order valence-electron chi connectivity index (χ1n) is 6.02. The summed E-state index contributed by atoms with van der Waals surface area (Å²) in [6.45, 7) is 5.81. The van der Waals surface area contributed by atoms with E-state index in [1.807, 2.05) is 38.2 Å². The molecule has 0 spiro atoms. The second kappa shape index (κ2) is 5.45. The highest BCUT2D eigenvalue weighted by Crippen LogP contribution is 2.30. The van der Waals surface area contributed by atoms with Gasteiger partial charge in [-0.1, -0.05) is 17.7 Å². The minimum absolute atomic E-state index is 0.0380. The second-order valence-corrected chi connectivity index (χ2v) is 4.88. The van der Waals surface area contributed by atoms with Crippen LogP contribution in [-0.2, 0) is 11.5 Å². The highest BCUT2D eigenvalue weighted by Gasteiger charge is 2.18. The first kappa shape index (κ1) is 13.6.